The molecular formula is C142H90O3. The van der Waals surface area contributed by atoms with Crippen molar-refractivity contribution < 1.29 is 13.3 Å². The number of rotatable bonds is 13. The Hall–Kier alpha value is -19.1. The van der Waals surface area contributed by atoms with Crippen molar-refractivity contribution in [2.45, 2.75) is 0 Å². The van der Waals surface area contributed by atoms with E-state index in [0.717, 1.165) is 93.6 Å². The minimum atomic E-state index is 0.898. The average molecular weight is 1840 g/mol. The van der Waals surface area contributed by atoms with E-state index in [1.807, 2.05) is 18.2 Å². The van der Waals surface area contributed by atoms with Gasteiger partial charge in [-0.25, -0.2) is 0 Å². The molecular weight excluding hydrogens is 1750 g/mol. The van der Waals surface area contributed by atoms with Gasteiger partial charge in [0.1, 0.15) is 33.5 Å². The number of para-hydroxylation sites is 3. The third kappa shape index (κ3) is 15.2. The molecule has 3 aromatic heterocycles. The predicted molar refractivity (Wildman–Crippen MR) is 614 cm³/mol. The van der Waals surface area contributed by atoms with E-state index in [4.69, 9.17) is 13.3 Å². The molecule has 0 fully saturated rings. The molecule has 0 saturated carbocycles. The van der Waals surface area contributed by atoms with Crippen molar-refractivity contribution in [3.63, 3.8) is 0 Å². The van der Waals surface area contributed by atoms with E-state index in [-0.39, 0.29) is 0 Å². The van der Waals surface area contributed by atoms with Gasteiger partial charge >= 0.3 is 0 Å². The van der Waals surface area contributed by atoms with Crippen LogP contribution in [0.4, 0.5) is 0 Å². The molecule has 3 nitrogen and oxygen atoms in total. The molecule has 0 aliphatic rings. The first-order valence-corrected chi connectivity index (χ1v) is 49.8. The van der Waals surface area contributed by atoms with Gasteiger partial charge < -0.3 is 13.3 Å². The van der Waals surface area contributed by atoms with Crippen LogP contribution in [0.2, 0.25) is 0 Å². The zero-order chi connectivity index (χ0) is 95.8. The smallest absolute Gasteiger partial charge is 0.143 e. The van der Waals surface area contributed by atoms with E-state index in [2.05, 4.69) is 528 Å². The van der Waals surface area contributed by atoms with Crippen molar-refractivity contribution in [3.05, 3.63) is 546 Å². The van der Waals surface area contributed by atoms with Gasteiger partial charge in [-0.15, -0.1) is 0 Å². The minimum absolute atomic E-state index is 0.898. The maximum atomic E-state index is 6.53. The molecule has 29 aromatic rings. The largest absolute Gasteiger partial charge is 0.456 e. The minimum Gasteiger partial charge on any atom is -0.456 e. The lowest BCUT2D eigenvalue weighted by molar-refractivity contribution is 0.668. The van der Waals surface area contributed by atoms with E-state index in [9.17, 15) is 0 Å². The molecule has 0 unspecified atom stereocenters. The second-order valence-electron chi connectivity index (χ2n) is 37.7. The van der Waals surface area contributed by atoms with Crippen molar-refractivity contribution in [1.29, 1.82) is 0 Å². The first-order chi connectivity index (χ1) is 71.9. The molecule has 0 aliphatic carbocycles. The zero-order valence-electron chi connectivity index (χ0n) is 79.2. The molecule has 0 atom stereocenters. The van der Waals surface area contributed by atoms with Gasteiger partial charge in [0.15, 0.2) is 0 Å². The lowest BCUT2D eigenvalue weighted by Gasteiger charge is -2.21. The number of benzene rings is 26. The summed E-state index contributed by atoms with van der Waals surface area (Å²) in [6, 6.07) is 197. The Morgan fingerprint density at radius 2 is 0.366 bits per heavy atom. The van der Waals surface area contributed by atoms with Crippen molar-refractivity contribution in [1.82, 2.24) is 0 Å². The van der Waals surface area contributed by atoms with Crippen LogP contribution in [0.15, 0.2) is 559 Å². The molecule has 0 spiro atoms. The van der Waals surface area contributed by atoms with E-state index in [0.29, 0.717) is 0 Å². The van der Waals surface area contributed by atoms with Gasteiger partial charge in [0.2, 0.25) is 0 Å². The molecule has 0 aliphatic heterocycles. The van der Waals surface area contributed by atoms with Crippen LogP contribution in [0, 0.1) is 0 Å². The van der Waals surface area contributed by atoms with Crippen molar-refractivity contribution in [2.24, 2.45) is 0 Å². The summed E-state index contributed by atoms with van der Waals surface area (Å²) in [5.74, 6) is 0. The fraction of sp³-hybridized carbons (Fsp3) is 0. The Labute approximate surface area is 839 Å². The summed E-state index contributed by atoms with van der Waals surface area (Å²) in [7, 11) is 0. The Morgan fingerprint density at radius 1 is 0.0966 bits per heavy atom. The Bertz CT molecular complexity index is 9870. The highest BCUT2D eigenvalue weighted by atomic mass is 16.3. The molecule has 29 rings (SSSR count). The second-order valence-corrected chi connectivity index (χ2v) is 37.7. The van der Waals surface area contributed by atoms with Crippen LogP contribution in [0.1, 0.15) is 0 Å². The maximum absolute atomic E-state index is 6.53. The Morgan fingerprint density at radius 3 is 0.793 bits per heavy atom. The summed E-state index contributed by atoms with van der Waals surface area (Å²) in [5, 5.41) is 24.1. The van der Waals surface area contributed by atoms with Gasteiger partial charge in [0, 0.05) is 37.9 Å². The maximum Gasteiger partial charge on any atom is 0.143 e. The molecule has 676 valence electrons. The molecule has 26 aromatic carbocycles. The van der Waals surface area contributed by atoms with Crippen molar-refractivity contribution in [2.75, 3.05) is 0 Å². The van der Waals surface area contributed by atoms with Gasteiger partial charge in [0.25, 0.3) is 0 Å². The highest BCUT2D eigenvalue weighted by Gasteiger charge is 2.28. The highest BCUT2D eigenvalue weighted by Crippen LogP contribution is 2.54. The summed E-state index contributed by atoms with van der Waals surface area (Å²) in [4.78, 5) is 0. The third-order valence-corrected chi connectivity index (χ3v) is 29.3. The van der Waals surface area contributed by atoms with Crippen molar-refractivity contribution >= 4 is 141 Å². The van der Waals surface area contributed by atoms with Gasteiger partial charge in [0.05, 0.1) is 0 Å². The SMILES string of the molecule is c1ccc(-c2cc(-c3ccccc3)cc(-c3c4ccccc4c(-c4cc5c(cc4-c4ccccc4)oc4ccccc45)c4ccccc34)c2)cc1.c1ccc(-c2ccc(-c3c4ccccc4c(-c4cc5c(cc4-c4ccc6ccccc6c4)oc4ccccc45)c4ccccc34)cc2)cc1.c1ccc(-c2cccc(-c3c4ccccc4c(-c4cc(-c5ccccc5)c5oc6ccccc6c5c4)c4ccccc34)c2)cc1. The van der Waals surface area contributed by atoms with E-state index in [1.54, 1.807) is 0 Å². The fourth-order valence-corrected chi connectivity index (χ4v) is 22.7. The summed E-state index contributed by atoms with van der Waals surface area (Å²) < 4.78 is 19.5. The molecule has 3 heterocycles. The van der Waals surface area contributed by atoms with Gasteiger partial charge in [-0.05, 0) is 299 Å². The van der Waals surface area contributed by atoms with Gasteiger partial charge in [-0.3, -0.25) is 0 Å². The summed E-state index contributed by atoms with van der Waals surface area (Å²) in [6.07, 6.45) is 0. The van der Waals surface area contributed by atoms with Gasteiger partial charge in [-0.1, -0.05) is 461 Å². The monoisotopic (exact) mass is 1840 g/mol. The van der Waals surface area contributed by atoms with E-state index < -0.39 is 0 Å². The second kappa shape index (κ2) is 36.3. The average Bonchev–Trinajstić information content (AvgIpc) is 1.70. The Balaban J connectivity index is 0.000000108. The summed E-state index contributed by atoms with van der Waals surface area (Å²) in [6.45, 7) is 0. The molecule has 0 amide bonds. The number of furan rings is 3. The highest BCUT2D eigenvalue weighted by molar-refractivity contribution is 6.28. The van der Waals surface area contributed by atoms with Crippen LogP contribution in [-0.4, -0.2) is 0 Å². The van der Waals surface area contributed by atoms with Crippen LogP contribution >= 0.6 is 0 Å². The molecule has 0 saturated heterocycles. The molecule has 0 bridgehead atoms. The number of fused-ring (bicyclic) bond motifs is 16. The van der Waals surface area contributed by atoms with Crippen LogP contribution in [-0.2, 0) is 0 Å². The molecule has 3 heteroatoms. The lowest BCUT2D eigenvalue weighted by atomic mass is 9.82. The molecule has 0 N–H and O–H groups in total. The van der Waals surface area contributed by atoms with Crippen LogP contribution in [0.5, 0.6) is 0 Å². The van der Waals surface area contributed by atoms with E-state index >= 15 is 0 Å². The van der Waals surface area contributed by atoms with Crippen LogP contribution in [0.3, 0.4) is 0 Å². The van der Waals surface area contributed by atoms with Crippen LogP contribution < -0.4 is 0 Å². The number of hydrogen-bond donors (Lipinski definition) is 0. The fourth-order valence-electron chi connectivity index (χ4n) is 22.7. The third-order valence-electron chi connectivity index (χ3n) is 29.3. The lowest BCUT2D eigenvalue weighted by Crippen LogP contribution is -1.94. The molecule has 0 radical (unpaired) electrons. The van der Waals surface area contributed by atoms with Gasteiger partial charge in [-0.2, -0.15) is 0 Å². The first kappa shape index (κ1) is 85.2. The van der Waals surface area contributed by atoms with E-state index in [1.165, 1.54) is 192 Å². The standard InChI is InChI=1S/C50H32O.C48H30O.C44H28O/c1-4-16-33(17-5-1)36-28-37(34-18-6-2-7-19-34)30-38(29-36)49-40-23-10-12-25-42(40)50(43-26-13-11-24-41(43)49)46-31-45-39-22-14-15-27-47(39)51-48(45)32-44(46)35-20-8-3-9-21-35;1-2-12-31(13-3-1)33-22-25-34(26-23-33)47-38-17-6-8-19-40(38)48(41-20-9-7-18-39(41)47)44-29-43-37-16-10-11-21-45(37)49-46(43)30-42(44)36-27-24-32-14-4-5-15-35(32)28-36;1-3-14-29(15-4-1)31-18-13-19-32(26-31)42-35-21-7-9-23-37(35)43(38-24-10-8-22-36(38)42)33-27-39(30-16-5-2-6-17-30)44-40(28-33)34-20-11-12-25-41(34)45-44/h1-32H;1-30H;1-28H. The normalized spacial score (nSPS) is 11.6. The zero-order valence-corrected chi connectivity index (χ0v) is 79.2. The molecule has 145 heavy (non-hydrogen) atoms. The number of hydrogen-bond acceptors (Lipinski definition) is 3. The predicted octanol–water partition coefficient (Wildman–Crippen LogP) is 40.5. The van der Waals surface area contributed by atoms with Crippen molar-refractivity contribution in [3.8, 4) is 145 Å². The first-order valence-electron chi connectivity index (χ1n) is 49.8. The Kier molecular flexibility index (Phi) is 21.3. The van der Waals surface area contributed by atoms with Crippen LogP contribution in [0.25, 0.3) is 286 Å². The topological polar surface area (TPSA) is 39.4 Å². The summed E-state index contributed by atoms with van der Waals surface area (Å²) >= 11 is 0. The summed E-state index contributed by atoms with van der Waals surface area (Å²) in [5.41, 5.74) is 36.7. The quantitative estimate of drug-likeness (QED) is 0.108.